The van der Waals surface area contributed by atoms with Gasteiger partial charge in [-0.25, -0.2) is 9.97 Å². The first-order valence-corrected chi connectivity index (χ1v) is 7.27. The van der Waals surface area contributed by atoms with E-state index in [-0.39, 0.29) is 10.8 Å². The fraction of sp³-hybridized carbons (Fsp3) is 0. The first-order chi connectivity index (χ1) is 9.65. The van der Waals surface area contributed by atoms with E-state index in [0.29, 0.717) is 11.0 Å². The third-order valence-corrected chi connectivity index (χ3v) is 3.89. The van der Waals surface area contributed by atoms with Gasteiger partial charge in [-0.2, -0.15) is 8.42 Å². The molecule has 5 nitrogen and oxygen atoms in total. The van der Waals surface area contributed by atoms with Gasteiger partial charge in [0.1, 0.15) is 4.90 Å². The van der Waals surface area contributed by atoms with Crippen molar-refractivity contribution >= 4 is 21.2 Å². The van der Waals surface area contributed by atoms with E-state index in [1.54, 1.807) is 36.4 Å². The molecular formula is C14H10N2O3S. The molecule has 3 rings (SSSR count). The average molecular weight is 286 g/mol. The van der Waals surface area contributed by atoms with Gasteiger partial charge in [-0.1, -0.05) is 30.3 Å². The van der Waals surface area contributed by atoms with Gasteiger partial charge >= 0.3 is 10.1 Å². The maximum absolute atomic E-state index is 12.0. The summed E-state index contributed by atoms with van der Waals surface area (Å²) in [5, 5.41) is 0. The molecule has 20 heavy (non-hydrogen) atoms. The predicted molar refractivity (Wildman–Crippen MR) is 73.8 cm³/mol. The molecule has 0 saturated carbocycles. The van der Waals surface area contributed by atoms with Gasteiger partial charge in [-0.15, -0.1) is 0 Å². The highest BCUT2D eigenvalue weighted by molar-refractivity contribution is 7.87. The highest BCUT2D eigenvalue weighted by Gasteiger charge is 2.17. The molecule has 2 aromatic carbocycles. The Morgan fingerprint density at radius 2 is 1.50 bits per heavy atom. The van der Waals surface area contributed by atoms with Gasteiger partial charge in [0.15, 0.2) is 0 Å². The van der Waals surface area contributed by atoms with E-state index >= 15 is 0 Å². The molecule has 0 aliphatic heterocycles. The van der Waals surface area contributed by atoms with Crippen LogP contribution in [0.2, 0.25) is 0 Å². The van der Waals surface area contributed by atoms with Crippen LogP contribution in [0, 0.1) is 0 Å². The molecule has 1 heterocycles. The number of hydrogen-bond acceptors (Lipinski definition) is 5. The van der Waals surface area contributed by atoms with Crippen molar-refractivity contribution in [3.63, 3.8) is 0 Å². The van der Waals surface area contributed by atoms with Crippen LogP contribution in [0.3, 0.4) is 0 Å². The quantitative estimate of drug-likeness (QED) is 0.691. The molecule has 0 fully saturated rings. The Morgan fingerprint density at radius 3 is 2.25 bits per heavy atom. The SMILES string of the molecule is O=S(=O)(Oc1cnc2ccccc2n1)c1ccccc1. The molecule has 0 aliphatic carbocycles. The van der Waals surface area contributed by atoms with E-state index in [4.69, 9.17) is 4.18 Å². The van der Waals surface area contributed by atoms with Gasteiger partial charge in [0, 0.05) is 0 Å². The maximum atomic E-state index is 12.0. The number of aromatic nitrogens is 2. The van der Waals surface area contributed by atoms with Crippen LogP contribution < -0.4 is 4.18 Å². The fourth-order valence-corrected chi connectivity index (χ4v) is 2.62. The normalized spacial score (nSPS) is 11.4. The summed E-state index contributed by atoms with van der Waals surface area (Å²) in [5.41, 5.74) is 1.25. The molecule has 0 N–H and O–H groups in total. The van der Waals surface area contributed by atoms with Crippen LogP contribution in [-0.2, 0) is 10.1 Å². The van der Waals surface area contributed by atoms with Crippen molar-refractivity contribution in [1.29, 1.82) is 0 Å². The lowest BCUT2D eigenvalue weighted by Gasteiger charge is -2.06. The average Bonchev–Trinajstić information content (AvgIpc) is 2.48. The van der Waals surface area contributed by atoms with Crippen LogP contribution in [0.1, 0.15) is 0 Å². The highest BCUT2D eigenvalue weighted by atomic mass is 32.2. The standard InChI is InChI=1S/C14H10N2O3S/c17-20(18,11-6-2-1-3-7-11)19-14-10-15-12-8-4-5-9-13(12)16-14/h1-10H. The lowest BCUT2D eigenvalue weighted by Crippen LogP contribution is -2.10. The lowest BCUT2D eigenvalue weighted by molar-refractivity contribution is 0.476. The van der Waals surface area contributed by atoms with Crippen molar-refractivity contribution in [1.82, 2.24) is 9.97 Å². The van der Waals surface area contributed by atoms with Gasteiger partial charge < -0.3 is 4.18 Å². The Balaban J connectivity index is 1.97. The van der Waals surface area contributed by atoms with E-state index in [1.165, 1.54) is 18.3 Å². The Hall–Kier alpha value is -2.47. The van der Waals surface area contributed by atoms with Crippen LogP contribution in [0.5, 0.6) is 5.88 Å². The molecule has 100 valence electrons. The zero-order valence-electron chi connectivity index (χ0n) is 10.3. The Kier molecular flexibility index (Phi) is 3.08. The Labute approximate surface area is 116 Å². The van der Waals surface area contributed by atoms with Crippen molar-refractivity contribution < 1.29 is 12.6 Å². The molecule has 0 bridgehead atoms. The van der Waals surface area contributed by atoms with Crippen LogP contribution >= 0.6 is 0 Å². The van der Waals surface area contributed by atoms with Crippen molar-refractivity contribution in [2.75, 3.05) is 0 Å². The van der Waals surface area contributed by atoms with Gasteiger partial charge in [0.05, 0.1) is 17.2 Å². The van der Waals surface area contributed by atoms with E-state index < -0.39 is 10.1 Å². The smallest absolute Gasteiger partial charge is 0.340 e. The number of benzene rings is 2. The Bertz CT molecular complexity index is 848. The molecule has 1 aromatic heterocycles. The summed E-state index contributed by atoms with van der Waals surface area (Å²) in [7, 11) is -3.88. The minimum atomic E-state index is -3.88. The molecule has 0 atom stereocenters. The summed E-state index contributed by atoms with van der Waals surface area (Å²) >= 11 is 0. The van der Waals surface area contributed by atoms with Crippen molar-refractivity contribution in [2.24, 2.45) is 0 Å². The second-order valence-electron chi connectivity index (χ2n) is 4.05. The summed E-state index contributed by atoms with van der Waals surface area (Å²) in [6, 6.07) is 15.1. The minimum absolute atomic E-state index is 0.0486. The molecule has 0 saturated heterocycles. The molecule has 0 unspecified atom stereocenters. The third kappa shape index (κ3) is 2.46. The second kappa shape index (κ2) is 4.90. The van der Waals surface area contributed by atoms with Crippen molar-refractivity contribution in [3.8, 4) is 5.88 Å². The molecule has 3 aromatic rings. The zero-order chi connectivity index (χ0) is 14.0. The third-order valence-electron chi connectivity index (χ3n) is 2.65. The topological polar surface area (TPSA) is 69.2 Å². The monoisotopic (exact) mass is 286 g/mol. The zero-order valence-corrected chi connectivity index (χ0v) is 11.1. The van der Waals surface area contributed by atoms with Crippen LogP contribution in [-0.4, -0.2) is 18.4 Å². The van der Waals surface area contributed by atoms with Crippen molar-refractivity contribution in [3.05, 3.63) is 60.8 Å². The van der Waals surface area contributed by atoms with E-state index in [0.717, 1.165) is 0 Å². The van der Waals surface area contributed by atoms with Gasteiger partial charge in [-0.3, -0.25) is 0 Å². The predicted octanol–water partition coefficient (Wildman–Crippen LogP) is 2.40. The summed E-state index contributed by atoms with van der Waals surface area (Å²) in [4.78, 5) is 8.31. The number of para-hydroxylation sites is 2. The van der Waals surface area contributed by atoms with E-state index in [2.05, 4.69) is 9.97 Å². The van der Waals surface area contributed by atoms with Gasteiger partial charge in [-0.05, 0) is 24.3 Å². The first-order valence-electron chi connectivity index (χ1n) is 5.86. The van der Waals surface area contributed by atoms with E-state index in [9.17, 15) is 8.42 Å². The molecule has 0 aliphatic rings. The molecule has 0 radical (unpaired) electrons. The Morgan fingerprint density at radius 1 is 0.850 bits per heavy atom. The van der Waals surface area contributed by atoms with Crippen LogP contribution in [0.4, 0.5) is 0 Å². The molecule has 0 spiro atoms. The van der Waals surface area contributed by atoms with E-state index in [1.807, 2.05) is 6.07 Å². The van der Waals surface area contributed by atoms with Crippen LogP contribution in [0.25, 0.3) is 11.0 Å². The van der Waals surface area contributed by atoms with Crippen molar-refractivity contribution in [2.45, 2.75) is 4.90 Å². The van der Waals surface area contributed by atoms with Crippen LogP contribution in [0.15, 0.2) is 65.7 Å². The first kappa shape index (κ1) is 12.6. The summed E-state index contributed by atoms with van der Waals surface area (Å²) in [6.45, 7) is 0. The minimum Gasteiger partial charge on any atom is -0.356 e. The second-order valence-corrected chi connectivity index (χ2v) is 5.59. The number of rotatable bonds is 3. The van der Waals surface area contributed by atoms with Gasteiger partial charge in [0.2, 0.25) is 0 Å². The number of nitrogens with zero attached hydrogens (tertiary/aromatic N) is 2. The molecule has 0 amide bonds. The largest absolute Gasteiger partial charge is 0.356 e. The fourth-order valence-electron chi connectivity index (χ4n) is 1.73. The van der Waals surface area contributed by atoms with Gasteiger partial charge in [0.25, 0.3) is 5.88 Å². The summed E-state index contributed by atoms with van der Waals surface area (Å²) < 4.78 is 29.1. The lowest BCUT2D eigenvalue weighted by atomic mass is 10.3. The molecule has 6 heteroatoms. The number of fused-ring (bicyclic) bond motifs is 1. The summed E-state index contributed by atoms with van der Waals surface area (Å²) in [6.07, 6.45) is 1.29. The molecular weight excluding hydrogens is 276 g/mol. The highest BCUT2D eigenvalue weighted by Crippen LogP contribution is 2.18. The maximum Gasteiger partial charge on any atom is 0.340 e. The number of hydrogen-bond donors (Lipinski definition) is 0. The summed E-state index contributed by atoms with van der Waals surface area (Å²) in [5.74, 6) is -0.0486.